The van der Waals surface area contributed by atoms with Crippen LogP contribution in [0, 0.1) is 0 Å². The van der Waals surface area contributed by atoms with Crippen LogP contribution in [-0.2, 0) is 27.8 Å². The Labute approximate surface area is 193 Å². The van der Waals surface area contributed by atoms with Crippen molar-refractivity contribution in [2.45, 2.75) is 46.2 Å². The second kappa shape index (κ2) is 11.9. The zero-order chi connectivity index (χ0) is 23.0. The van der Waals surface area contributed by atoms with E-state index < -0.39 is 16.1 Å². The number of aromatic nitrogens is 4. The summed E-state index contributed by atoms with van der Waals surface area (Å²) >= 11 is 12.3. The minimum atomic E-state index is -3.60. The van der Waals surface area contributed by atoms with Crippen LogP contribution in [0.2, 0.25) is 10.0 Å². The van der Waals surface area contributed by atoms with Gasteiger partial charge in [0.25, 0.3) is 0 Å². The molecule has 0 radical (unpaired) electrons. The minimum absolute atomic E-state index is 0.0667. The Kier molecular flexibility index (Phi) is 9.83. The highest BCUT2D eigenvalue weighted by atomic mass is 35.5. The van der Waals surface area contributed by atoms with Crippen LogP contribution in [0.25, 0.3) is 0 Å². The highest BCUT2D eigenvalue weighted by molar-refractivity contribution is 7.89. The third-order valence-corrected chi connectivity index (χ3v) is 6.95. The molecule has 0 bridgehead atoms. The van der Waals surface area contributed by atoms with E-state index in [2.05, 4.69) is 20.1 Å². The quantitative estimate of drug-likeness (QED) is 0.457. The molecule has 1 atom stereocenters. The van der Waals surface area contributed by atoms with E-state index in [9.17, 15) is 13.2 Å². The second-order valence-corrected chi connectivity index (χ2v) is 9.69. The topological polar surface area (TPSA) is 110 Å². The monoisotopic (exact) mass is 490 g/mol. The molecule has 1 N–H and O–H groups in total. The predicted molar refractivity (Wildman–Crippen MR) is 121 cm³/mol. The maximum atomic E-state index is 12.6. The fourth-order valence-electron chi connectivity index (χ4n) is 2.96. The van der Waals surface area contributed by atoms with Crippen LogP contribution in [0.3, 0.4) is 0 Å². The Hall–Kier alpha value is -1.59. The van der Waals surface area contributed by atoms with Crippen molar-refractivity contribution >= 4 is 39.0 Å². The number of halogens is 2. The lowest BCUT2D eigenvalue weighted by Gasteiger charge is -2.20. The Bertz CT molecular complexity index is 959. The number of ketones is 1. The Morgan fingerprint density at radius 2 is 1.84 bits per heavy atom. The van der Waals surface area contributed by atoms with Crippen molar-refractivity contribution in [1.82, 2.24) is 29.8 Å². The molecule has 1 unspecified atom stereocenters. The predicted octanol–water partition coefficient (Wildman–Crippen LogP) is 2.18. The van der Waals surface area contributed by atoms with Crippen LogP contribution in [-0.4, -0.2) is 70.7 Å². The van der Waals surface area contributed by atoms with Gasteiger partial charge in [0.05, 0.1) is 11.8 Å². The van der Waals surface area contributed by atoms with Gasteiger partial charge < -0.3 is 4.90 Å². The molecule has 12 heteroatoms. The summed E-state index contributed by atoms with van der Waals surface area (Å²) < 4.78 is 27.3. The number of carbonyl (C=O) groups excluding carboxylic acids is 1. The smallest absolute Gasteiger partial charge is 0.213 e. The van der Waals surface area contributed by atoms with E-state index in [-0.39, 0.29) is 24.5 Å². The minimum Gasteiger partial charge on any atom is -0.303 e. The van der Waals surface area contributed by atoms with Gasteiger partial charge in [-0.2, -0.15) is 4.80 Å². The molecule has 0 saturated carbocycles. The van der Waals surface area contributed by atoms with Crippen molar-refractivity contribution in [3.63, 3.8) is 0 Å². The molecule has 31 heavy (non-hydrogen) atoms. The van der Waals surface area contributed by atoms with Crippen LogP contribution < -0.4 is 4.72 Å². The second-order valence-electron chi connectivity index (χ2n) is 7.00. The maximum absolute atomic E-state index is 12.6. The molecule has 0 spiro atoms. The summed E-state index contributed by atoms with van der Waals surface area (Å²) in [7, 11) is -3.60. The number of Topliss-reactive ketones (excluding diaryl/α,β-unsaturated/α-hetero) is 1. The zero-order valence-electron chi connectivity index (χ0n) is 17.9. The van der Waals surface area contributed by atoms with Crippen molar-refractivity contribution < 1.29 is 13.2 Å². The molecule has 0 amide bonds. The molecule has 2 aromatic rings. The van der Waals surface area contributed by atoms with E-state index >= 15 is 0 Å². The number of hydrogen-bond acceptors (Lipinski definition) is 7. The molecule has 0 aliphatic heterocycles. The first-order chi connectivity index (χ1) is 14.7. The van der Waals surface area contributed by atoms with Gasteiger partial charge in [0.1, 0.15) is 6.54 Å². The van der Waals surface area contributed by atoms with Gasteiger partial charge in [-0.15, -0.1) is 10.2 Å². The summed E-state index contributed by atoms with van der Waals surface area (Å²) in [6.07, 6.45) is 0.585. The summed E-state index contributed by atoms with van der Waals surface area (Å²) in [6, 6.07) is 4.32. The van der Waals surface area contributed by atoms with E-state index in [0.29, 0.717) is 34.4 Å². The van der Waals surface area contributed by atoms with E-state index in [0.717, 1.165) is 17.9 Å². The first-order valence-corrected chi connectivity index (χ1v) is 12.5. The van der Waals surface area contributed by atoms with Gasteiger partial charge in [-0.25, -0.2) is 13.1 Å². The molecular weight excluding hydrogens is 463 g/mol. The first-order valence-electron chi connectivity index (χ1n) is 10.1. The van der Waals surface area contributed by atoms with E-state index in [4.69, 9.17) is 23.2 Å². The third-order valence-electron chi connectivity index (χ3n) is 4.88. The molecule has 0 saturated heterocycles. The van der Waals surface area contributed by atoms with E-state index in [1.807, 2.05) is 18.7 Å². The highest BCUT2D eigenvalue weighted by Crippen LogP contribution is 2.25. The number of hydrogen-bond donors (Lipinski definition) is 1. The van der Waals surface area contributed by atoms with Crippen molar-refractivity contribution in [1.29, 1.82) is 0 Å². The molecular formula is C19H28Cl2N6O3S. The lowest BCUT2D eigenvalue weighted by atomic mass is 10.1. The van der Waals surface area contributed by atoms with Crippen LogP contribution >= 0.6 is 23.2 Å². The van der Waals surface area contributed by atoms with Gasteiger partial charge >= 0.3 is 0 Å². The number of nitrogens with one attached hydrogen (secondary N) is 1. The fourth-order valence-corrected chi connectivity index (χ4v) is 4.84. The molecule has 2 rings (SSSR count). The third kappa shape index (κ3) is 7.80. The van der Waals surface area contributed by atoms with Gasteiger partial charge in [0.2, 0.25) is 10.0 Å². The van der Waals surface area contributed by atoms with Crippen LogP contribution in [0.15, 0.2) is 18.2 Å². The zero-order valence-corrected chi connectivity index (χ0v) is 20.2. The van der Waals surface area contributed by atoms with Gasteiger partial charge in [0, 0.05) is 23.0 Å². The SMILES string of the molecule is CCC(NS(=O)(=O)CCN(CC)CC)C(=O)Cn1nnc(Cc2c(Cl)cccc2Cl)n1. The largest absolute Gasteiger partial charge is 0.303 e. The molecule has 0 aliphatic rings. The summed E-state index contributed by atoms with van der Waals surface area (Å²) in [5, 5.41) is 13.0. The first kappa shape index (κ1) is 25.7. The number of tetrazole rings is 1. The van der Waals surface area contributed by atoms with E-state index in [1.54, 1.807) is 25.1 Å². The van der Waals surface area contributed by atoms with Gasteiger partial charge in [-0.05, 0) is 42.4 Å². The summed E-state index contributed by atoms with van der Waals surface area (Å²) in [4.78, 5) is 15.8. The molecule has 1 aromatic heterocycles. The van der Waals surface area contributed by atoms with Crippen LogP contribution in [0.5, 0.6) is 0 Å². The van der Waals surface area contributed by atoms with Crippen molar-refractivity contribution in [3.8, 4) is 0 Å². The Morgan fingerprint density at radius 1 is 1.19 bits per heavy atom. The summed E-state index contributed by atoms with van der Waals surface area (Å²) in [5.74, 6) is -0.0488. The Morgan fingerprint density at radius 3 is 2.42 bits per heavy atom. The number of rotatable bonds is 13. The van der Waals surface area contributed by atoms with Crippen molar-refractivity contribution in [2.75, 3.05) is 25.4 Å². The normalized spacial score (nSPS) is 13.0. The average Bonchev–Trinajstić information content (AvgIpc) is 3.16. The number of nitrogens with zero attached hydrogens (tertiary/aromatic N) is 5. The van der Waals surface area contributed by atoms with Crippen LogP contribution in [0.1, 0.15) is 38.6 Å². The molecule has 9 nitrogen and oxygen atoms in total. The van der Waals surface area contributed by atoms with Crippen molar-refractivity contribution in [3.05, 3.63) is 39.6 Å². The lowest BCUT2D eigenvalue weighted by molar-refractivity contribution is -0.121. The molecule has 172 valence electrons. The summed E-state index contributed by atoms with van der Waals surface area (Å²) in [6.45, 7) is 7.44. The maximum Gasteiger partial charge on any atom is 0.213 e. The van der Waals surface area contributed by atoms with Crippen LogP contribution in [0.4, 0.5) is 0 Å². The molecule has 0 fully saturated rings. The lowest BCUT2D eigenvalue weighted by Crippen LogP contribution is -2.44. The Balaban J connectivity index is 1.98. The van der Waals surface area contributed by atoms with Gasteiger partial charge in [-0.1, -0.05) is 50.0 Å². The molecule has 1 aromatic carbocycles. The molecule has 0 aliphatic carbocycles. The van der Waals surface area contributed by atoms with Gasteiger partial charge in [0.15, 0.2) is 11.6 Å². The number of benzene rings is 1. The number of sulfonamides is 1. The van der Waals surface area contributed by atoms with Gasteiger partial charge in [-0.3, -0.25) is 4.79 Å². The summed E-state index contributed by atoms with van der Waals surface area (Å²) in [5.41, 5.74) is 0.670. The fraction of sp³-hybridized carbons (Fsp3) is 0.579. The van der Waals surface area contributed by atoms with Crippen molar-refractivity contribution in [2.24, 2.45) is 0 Å². The molecule has 1 heterocycles. The number of carbonyl (C=O) groups is 1. The average molecular weight is 491 g/mol. The highest BCUT2D eigenvalue weighted by Gasteiger charge is 2.24. The standard InChI is InChI=1S/C19H28Cl2N6O3S/c1-4-17(24-31(29,30)11-10-26(5-2)6-3)18(28)13-27-23-19(22-25-27)12-14-15(20)8-7-9-16(14)21/h7-9,17,24H,4-6,10-13H2,1-3H3. The van der Waals surface area contributed by atoms with E-state index in [1.165, 1.54) is 0 Å².